The number of aliphatic hydroxyl groups is 2. The zero-order chi connectivity index (χ0) is 20.4. The second-order valence-corrected chi connectivity index (χ2v) is 7.59. The molecule has 0 amide bonds. The van der Waals surface area contributed by atoms with Crippen molar-refractivity contribution in [2.45, 2.75) is 51.4 Å². The van der Waals surface area contributed by atoms with Crippen LogP contribution in [0.2, 0.25) is 0 Å². The lowest BCUT2D eigenvalue weighted by atomic mass is 9.79. The van der Waals surface area contributed by atoms with Crippen LogP contribution in [0.25, 0.3) is 0 Å². The summed E-state index contributed by atoms with van der Waals surface area (Å²) in [5.74, 6) is -4.01. The Morgan fingerprint density at radius 3 is 2.63 bits per heavy atom. The van der Waals surface area contributed by atoms with E-state index in [1.807, 2.05) is 11.9 Å². The summed E-state index contributed by atoms with van der Waals surface area (Å²) in [5, 5.41) is 21.2. The highest BCUT2D eigenvalue weighted by molar-refractivity contribution is 6.00. The smallest absolute Gasteiger partial charge is 0.338 e. The Balaban J connectivity index is 2.45. The Labute approximate surface area is 159 Å². The van der Waals surface area contributed by atoms with Crippen molar-refractivity contribution >= 4 is 17.7 Å². The summed E-state index contributed by atoms with van der Waals surface area (Å²) in [6, 6.07) is 0. The summed E-state index contributed by atoms with van der Waals surface area (Å²) in [5.41, 5.74) is -1.79. The SMILES string of the molecule is CCC1C(=O)OC2CCN(C)C/C=C(/COC(=O)C(C)(O)C(C)C1O)C2=O. The van der Waals surface area contributed by atoms with Crippen LogP contribution in [0.4, 0.5) is 0 Å². The van der Waals surface area contributed by atoms with Crippen molar-refractivity contribution < 1.29 is 34.1 Å². The molecule has 8 heteroatoms. The number of fused-ring (bicyclic) bond motifs is 2. The predicted octanol–water partition coefficient (Wildman–Crippen LogP) is 0.0602. The van der Waals surface area contributed by atoms with Crippen LogP contribution in [-0.2, 0) is 23.9 Å². The molecule has 2 rings (SSSR count). The van der Waals surface area contributed by atoms with Gasteiger partial charge in [0.25, 0.3) is 0 Å². The number of hydrogen-bond acceptors (Lipinski definition) is 8. The van der Waals surface area contributed by atoms with Crippen LogP contribution in [0.3, 0.4) is 0 Å². The Morgan fingerprint density at radius 2 is 2.00 bits per heavy atom. The van der Waals surface area contributed by atoms with Gasteiger partial charge in [-0.05, 0) is 20.4 Å². The highest BCUT2D eigenvalue weighted by Gasteiger charge is 2.46. The molecule has 152 valence electrons. The van der Waals surface area contributed by atoms with Crippen LogP contribution in [0.15, 0.2) is 11.6 Å². The van der Waals surface area contributed by atoms with E-state index in [0.29, 0.717) is 19.5 Å². The summed E-state index contributed by atoms with van der Waals surface area (Å²) in [7, 11) is 1.86. The molecule has 8 nitrogen and oxygen atoms in total. The topological polar surface area (TPSA) is 113 Å². The Kier molecular flexibility index (Phi) is 6.77. The van der Waals surface area contributed by atoms with E-state index >= 15 is 0 Å². The fraction of sp³-hybridized carbons (Fsp3) is 0.737. The molecule has 0 aliphatic carbocycles. The van der Waals surface area contributed by atoms with Crippen molar-refractivity contribution in [2.24, 2.45) is 11.8 Å². The lowest BCUT2D eigenvalue weighted by molar-refractivity contribution is -0.181. The van der Waals surface area contributed by atoms with Crippen LogP contribution in [-0.4, -0.2) is 77.4 Å². The van der Waals surface area contributed by atoms with E-state index in [2.05, 4.69) is 0 Å². The van der Waals surface area contributed by atoms with Crippen molar-refractivity contribution in [2.75, 3.05) is 26.7 Å². The van der Waals surface area contributed by atoms with Gasteiger partial charge in [0, 0.05) is 31.0 Å². The van der Waals surface area contributed by atoms with Crippen molar-refractivity contribution in [3.63, 3.8) is 0 Å². The van der Waals surface area contributed by atoms with Gasteiger partial charge < -0.3 is 24.6 Å². The molecule has 0 aromatic heterocycles. The lowest BCUT2D eigenvalue weighted by Crippen LogP contribution is -2.52. The zero-order valence-electron chi connectivity index (χ0n) is 16.3. The predicted molar refractivity (Wildman–Crippen MR) is 95.6 cm³/mol. The molecule has 2 aliphatic rings. The summed E-state index contributed by atoms with van der Waals surface area (Å²) in [6.45, 7) is 5.12. The monoisotopic (exact) mass is 383 g/mol. The molecule has 2 aliphatic heterocycles. The highest BCUT2D eigenvalue weighted by Crippen LogP contribution is 2.30. The fourth-order valence-electron chi connectivity index (χ4n) is 3.31. The van der Waals surface area contributed by atoms with Crippen LogP contribution in [0.1, 0.15) is 33.6 Å². The number of rotatable bonds is 1. The minimum absolute atomic E-state index is 0.227. The van der Waals surface area contributed by atoms with E-state index in [1.54, 1.807) is 13.0 Å². The highest BCUT2D eigenvalue weighted by atomic mass is 16.6. The molecule has 5 atom stereocenters. The first kappa shape index (κ1) is 21.5. The third kappa shape index (κ3) is 4.56. The first-order valence-corrected chi connectivity index (χ1v) is 9.29. The number of ketones is 1. The van der Waals surface area contributed by atoms with Gasteiger partial charge in [0.15, 0.2) is 11.7 Å². The number of carbonyl (C=O) groups is 3. The van der Waals surface area contributed by atoms with Gasteiger partial charge in [-0.15, -0.1) is 0 Å². The first-order valence-electron chi connectivity index (χ1n) is 9.29. The summed E-state index contributed by atoms with van der Waals surface area (Å²) >= 11 is 0. The Morgan fingerprint density at radius 1 is 1.33 bits per heavy atom. The zero-order valence-corrected chi connectivity index (χ0v) is 16.3. The molecular weight excluding hydrogens is 354 g/mol. The Hall–Kier alpha value is -1.77. The van der Waals surface area contributed by atoms with Gasteiger partial charge >= 0.3 is 11.9 Å². The number of cyclic esters (lactones) is 1. The maximum atomic E-state index is 12.8. The molecule has 2 bridgehead atoms. The number of aliphatic hydroxyl groups excluding tert-OH is 1. The van der Waals surface area contributed by atoms with E-state index in [9.17, 15) is 24.6 Å². The molecular formula is C19H29NO7. The largest absolute Gasteiger partial charge is 0.459 e. The number of Topliss-reactive ketones (excluding diaryl/α,β-unsaturated/α-hetero) is 1. The fourth-order valence-corrected chi connectivity index (χ4v) is 3.31. The average molecular weight is 383 g/mol. The molecule has 2 heterocycles. The number of ether oxygens (including phenoxy) is 2. The summed E-state index contributed by atoms with van der Waals surface area (Å²) in [6.07, 6.45) is -0.135. The molecule has 1 fully saturated rings. The molecule has 5 unspecified atom stereocenters. The maximum Gasteiger partial charge on any atom is 0.338 e. The van der Waals surface area contributed by atoms with E-state index in [0.717, 1.165) is 0 Å². The maximum absolute atomic E-state index is 12.8. The number of carbonyl (C=O) groups excluding carboxylic acids is 3. The van der Waals surface area contributed by atoms with Gasteiger partial charge in [0.1, 0.15) is 6.61 Å². The van der Waals surface area contributed by atoms with Crippen LogP contribution in [0.5, 0.6) is 0 Å². The summed E-state index contributed by atoms with van der Waals surface area (Å²) in [4.78, 5) is 39.8. The lowest BCUT2D eigenvalue weighted by Gasteiger charge is -2.35. The number of likely N-dealkylation sites (N-methyl/N-ethyl adjacent to an activating group) is 1. The van der Waals surface area contributed by atoms with E-state index in [4.69, 9.17) is 9.47 Å². The van der Waals surface area contributed by atoms with Gasteiger partial charge in [-0.25, -0.2) is 4.79 Å². The first-order chi connectivity index (χ1) is 12.6. The van der Waals surface area contributed by atoms with Gasteiger partial charge in [-0.3, -0.25) is 9.59 Å². The van der Waals surface area contributed by atoms with Gasteiger partial charge in [-0.2, -0.15) is 0 Å². The van der Waals surface area contributed by atoms with Gasteiger partial charge in [0.05, 0.1) is 12.0 Å². The molecule has 1 saturated heterocycles. The third-order valence-corrected chi connectivity index (χ3v) is 5.62. The number of esters is 2. The molecule has 0 aromatic carbocycles. The van der Waals surface area contributed by atoms with E-state index in [1.165, 1.54) is 13.8 Å². The van der Waals surface area contributed by atoms with E-state index in [-0.39, 0.29) is 18.6 Å². The number of hydrogen-bond donors (Lipinski definition) is 2. The summed E-state index contributed by atoms with van der Waals surface area (Å²) < 4.78 is 10.7. The second kappa shape index (κ2) is 8.50. The van der Waals surface area contributed by atoms with Crippen LogP contribution < -0.4 is 0 Å². The quantitative estimate of drug-likeness (QED) is 0.611. The van der Waals surface area contributed by atoms with Crippen molar-refractivity contribution in [1.82, 2.24) is 4.90 Å². The Bertz CT molecular complexity index is 628. The standard InChI is InChI=1S/C19H29NO7/c1-5-13-15(21)11(2)19(3,25)18(24)26-10-12-6-8-20(4)9-7-14(16(12)22)27-17(13)23/h6,11,13-15,21,25H,5,7-10H2,1-4H3/b12-6-. The van der Waals surface area contributed by atoms with E-state index < -0.39 is 47.4 Å². The minimum atomic E-state index is -2.02. The molecule has 0 spiro atoms. The van der Waals surface area contributed by atoms with Gasteiger partial charge in [0.2, 0.25) is 5.78 Å². The molecule has 27 heavy (non-hydrogen) atoms. The molecule has 2 N–H and O–H groups in total. The second-order valence-electron chi connectivity index (χ2n) is 7.59. The third-order valence-electron chi connectivity index (χ3n) is 5.62. The van der Waals surface area contributed by atoms with Crippen LogP contribution in [0, 0.1) is 11.8 Å². The van der Waals surface area contributed by atoms with Crippen molar-refractivity contribution in [3.05, 3.63) is 11.6 Å². The normalized spacial score (nSPS) is 39.0. The van der Waals surface area contributed by atoms with Gasteiger partial charge in [-0.1, -0.05) is 19.9 Å². The van der Waals surface area contributed by atoms with Crippen molar-refractivity contribution in [1.29, 1.82) is 0 Å². The van der Waals surface area contributed by atoms with Crippen molar-refractivity contribution in [3.8, 4) is 0 Å². The molecule has 0 radical (unpaired) electrons. The van der Waals surface area contributed by atoms with Crippen LogP contribution >= 0.6 is 0 Å². The number of nitrogens with zero attached hydrogens (tertiary/aromatic N) is 1. The molecule has 0 aromatic rings. The minimum Gasteiger partial charge on any atom is -0.459 e. The molecule has 0 saturated carbocycles. The average Bonchev–Trinajstić information content (AvgIpc) is 2.62.